The van der Waals surface area contributed by atoms with E-state index in [4.69, 9.17) is 4.74 Å². The second-order valence-corrected chi connectivity index (χ2v) is 17.4. The van der Waals surface area contributed by atoms with Gasteiger partial charge in [0.2, 0.25) is 5.78 Å². The number of unbranched alkanes of at least 4 members (excludes halogenated alkanes) is 1. The van der Waals surface area contributed by atoms with E-state index in [9.17, 15) is 33.0 Å². The van der Waals surface area contributed by atoms with Crippen molar-refractivity contribution in [3.8, 4) is 0 Å². The number of allylic oxidation sites excluding steroid dienone is 4. The minimum absolute atomic E-state index is 0.00247. The van der Waals surface area contributed by atoms with Crippen LogP contribution in [0.3, 0.4) is 0 Å². The molecule has 0 aromatic rings. The van der Waals surface area contributed by atoms with E-state index in [1.165, 1.54) is 0 Å². The van der Waals surface area contributed by atoms with E-state index in [1.54, 1.807) is 12.2 Å². The molecule has 0 aliphatic heterocycles. The fourth-order valence-electron chi connectivity index (χ4n) is 9.53. The maximum Gasteiger partial charge on any atom is 0.306 e. The van der Waals surface area contributed by atoms with E-state index in [1.807, 2.05) is 41.5 Å². The molecule has 0 aromatic heterocycles. The number of aliphatic hydroxyl groups is 2. The lowest BCUT2D eigenvalue weighted by molar-refractivity contribution is -0.181. The van der Waals surface area contributed by atoms with Crippen LogP contribution in [0.5, 0.6) is 0 Å². The summed E-state index contributed by atoms with van der Waals surface area (Å²) in [4.78, 5) is 40.4. The molecular formula is C35H55NO8S. The first-order valence-electron chi connectivity index (χ1n) is 16.9. The second-order valence-electron chi connectivity index (χ2n) is 15.1. The Morgan fingerprint density at radius 2 is 1.73 bits per heavy atom. The Labute approximate surface area is 269 Å². The maximum absolute atomic E-state index is 13.5. The molecule has 0 spiro atoms. The number of ketones is 2. The van der Waals surface area contributed by atoms with Gasteiger partial charge in [0.25, 0.3) is 0 Å². The van der Waals surface area contributed by atoms with Crippen LogP contribution in [0.15, 0.2) is 23.3 Å². The van der Waals surface area contributed by atoms with Crippen molar-refractivity contribution in [2.24, 2.45) is 28.6 Å². The predicted molar refractivity (Wildman–Crippen MR) is 173 cm³/mol. The molecule has 0 saturated heterocycles. The van der Waals surface area contributed by atoms with Crippen LogP contribution in [-0.4, -0.2) is 89.5 Å². The van der Waals surface area contributed by atoms with Crippen molar-refractivity contribution in [1.29, 1.82) is 0 Å². The molecule has 0 aromatic carbocycles. The summed E-state index contributed by atoms with van der Waals surface area (Å²) >= 11 is 0. The van der Waals surface area contributed by atoms with Crippen LogP contribution in [-0.2, 0) is 29.0 Å². The Hall–Kier alpha value is -1.88. The molecule has 4 aliphatic rings. The van der Waals surface area contributed by atoms with Crippen molar-refractivity contribution in [3.63, 3.8) is 0 Å². The third-order valence-corrected chi connectivity index (χ3v) is 13.8. The van der Waals surface area contributed by atoms with E-state index in [0.717, 1.165) is 24.0 Å². The van der Waals surface area contributed by atoms with Crippen LogP contribution in [0.1, 0.15) is 99.8 Å². The van der Waals surface area contributed by atoms with E-state index < -0.39 is 50.7 Å². The van der Waals surface area contributed by atoms with E-state index in [2.05, 4.69) is 11.8 Å². The van der Waals surface area contributed by atoms with Crippen LogP contribution < -0.4 is 0 Å². The molecule has 2 N–H and O–H groups in total. The summed E-state index contributed by atoms with van der Waals surface area (Å²) in [7, 11) is -3.26. The highest BCUT2D eigenvalue weighted by atomic mass is 32.2. The first-order valence-corrected chi connectivity index (χ1v) is 18.7. The highest BCUT2D eigenvalue weighted by Gasteiger charge is 2.68. The summed E-state index contributed by atoms with van der Waals surface area (Å²) in [6, 6.07) is 0.502. The maximum atomic E-state index is 13.5. The number of esters is 1. The number of carbonyl (C=O) groups excluding carboxylic acids is 3. The molecule has 4 aliphatic carbocycles. The number of fused-ring (bicyclic) bond motifs is 5. The van der Waals surface area contributed by atoms with Gasteiger partial charge in [-0.25, -0.2) is 8.42 Å². The summed E-state index contributed by atoms with van der Waals surface area (Å²) in [5.41, 5.74) is -0.998. The Bertz CT molecular complexity index is 1330. The molecule has 0 amide bonds. The minimum Gasteiger partial charge on any atom is -0.458 e. The molecule has 3 saturated carbocycles. The summed E-state index contributed by atoms with van der Waals surface area (Å²) in [6.45, 7) is 14.1. The van der Waals surface area contributed by atoms with Gasteiger partial charge in [0.05, 0.1) is 17.6 Å². The third kappa shape index (κ3) is 6.76. The number of ether oxygens (including phenoxy) is 1. The summed E-state index contributed by atoms with van der Waals surface area (Å²) in [5.74, 6) is -1.10. The van der Waals surface area contributed by atoms with E-state index >= 15 is 0 Å². The number of rotatable bonds is 13. The average Bonchev–Trinajstić information content (AvgIpc) is 3.20. The first kappa shape index (κ1) is 36.0. The summed E-state index contributed by atoms with van der Waals surface area (Å²) in [5, 5.41) is 23.5. The number of hydrogen-bond acceptors (Lipinski definition) is 9. The highest BCUT2D eigenvalue weighted by molar-refractivity contribution is 7.91. The van der Waals surface area contributed by atoms with Crippen molar-refractivity contribution < 1.29 is 37.8 Å². The Morgan fingerprint density at radius 3 is 2.38 bits per heavy atom. The van der Waals surface area contributed by atoms with Crippen LogP contribution in [0.4, 0.5) is 0 Å². The Kier molecular flexibility index (Phi) is 10.6. The monoisotopic (exact) mass is 649 g/mol. The lowest BCUT2D eigenvalue weighted by Gasteiger charge is -2.60. The summed E-state index contributed by atoms with van der Waals surface area (Å²) < 4.78 is 30.4. The average molecular weight is 650 g/mol. The van der Waals surface area contributed by atoms with Crippen molar-refractivity contribution in [2.45, 2.75) is 124 Å². The molecule has 0 bridgehead atoms. The molecule has 7 atom stereocenters. The smallest absolute Gasteiger partial charge is 0.306 e. The second kappa shape index (κ2) is 13.3. The third-order valence-electron chi connectivity index (χ3n) is 12.1. The van der Waals surface area contributed by atoms with Gasteiger partial charge < -0.3 is 14.9 Å². The van der Waals surface area contributed by atoms with Crippen LogP contribution in [0.2, 0.25) is 0 Å². The van der Waals surface area contributed by atoms with E-state index in [-0.39, 0.29) is 66.4 Å². The van der Waals surface area contributed by atoms with Gasteiger partial charge in [0, 0.05) is 41.8 Å². The fraction of sp³-hybridized carbons (Fsp3) is 0.800. The molecule has 9 nitrogen and oxygen atoms in total. The summed E-state index contributed by atoms with van der Waals surface area (Å²) in [6.07, 6.45) is 5.94. The van der Waals surface area contributed by atoms with Gasteiger partial charge in [0.1, 0.15) is 5.60 Å². The van der Waals surface area contributed by atoms with Crippen LogP contribution >= 0.6 is 0 Å². The number of nitrogens with zero attached hydrogens (tertiary/aromatic N) is 1. The van der Waals surface area contributed by atoms with Gasteiger partial charge in [-0.1, -0.05) is 25.0 Å². The zero-order chi connectivity index (χ0) is 33.5. The normalized spacial score (nSPS) is 34.7. The molecule has 45 heavy (non-hydrogen) atoms. The van der Waals surface area contributed by atoms with Crippen molar-refractivity contribution in [3.05, 3.63) is 23.3 Å². The SMILES string of the molecule is CC1=CC(=O)C=C2CC[C@@H]3[C@H](C(O)C[C@@]4(C)[C@H]3CC[C@]4(O)C(=O)COC(=O)CCCCS(=O)(=O)CCN(C(C)C)C(C)C)[C@@]12C. The highest BCUT2D eigenvalue weighted by Crippen LogP contribution is 2.68. The number of carbonyl (C=O) groups is 3. The van der Waals surface area contributed by atoms with Crippen molar-refractivity contribution in [2.75, 3.05) is 24.7 Å². The molecule has 1 unspecified atom stereocenters. The van der Waals surface area contributed by atoms with Gasteiger partial charge in [-0.2, -0.15) is 0 Å². The number of Topliss-reactive ketones (excluding diaryl/α,β-unsaturated/α-hetero) is 1. The zero-order valence-electron chi connectivity index (χ0n) is 28.3. The number of hydrogen-bond donors (Lipinski definition) is 2. The zero-order valence-corrected chi connectivity index (χ0v) is 29.1. The molecule has 0 radical (unpaired) electrons. The van der Waals surface area contributed by atoms with Gasteiger partial charge >= 0.3 is 5.97 Å². The molecule has 0 heterocycles. The Balaban J connectivity index is 1.30. The van der Waals surface area contributed by atoms with Gasteiger partial charge in [-0.05, 0) is 104 Å². The van der Waals surface area contributed by atoms with Crippen LogP contribution in [0.25, 0.3) is 0 Å². The molecule has 4 rings (SSSR count). The topological polar surface area (TPSA) is 138 Å². The Morgan fingerprint density at radius 1 is 1.07 bits per heavy atom. The lowest BCUT2D eigenvalue weighted by atomic mass is 9.45. The standard InChI is InChI=1S/C35H55NO8S/c1-22(2)36(23(3)4)15-17-45(42,43)16-9-8-10-31(40)44-21-30(39)35(41)14-13-28-27-12-11-25-19-26(37)18-24(5)34(25,7)32(27)29(38)20-33(28,35)6/h18-19,22-23,27-29,32,38,41H,8-17,20-21H2,1-7H3/t27-,28-,29?,32+,33-,34-,35-/m0/s1. The van der Waals surface area contributed by atoms with Crippen molar-refractivity contribution >= 4 is 27.4 Å². The van der Waals surface area contributed by atoms with Gasteiger partial charge in [-0.3, -0.25) is 19.3 Å². The number of aliphatic hydroxyl groups excluding tert-OH is 1. The van der Waals surface area contributed by atoms with Crippen molar-refractivity contribution in [1.82, 2.24) is 4.90 Å². The predicted octanol–water partition coefficient (Wildman–Crippen LogP) is 4.20. The minimum atomic E-state index is -3.26. The number of sulfone groups is 1. The van der Waals surface area contributed by atoms with Gasteiger partial charge in [0.15, 0.2) is 22.2 Å². The molecule has 3 fully saturated rings. The molecular weight excluding hydrogens is 594 g/mol. The molecule has 254 valence electrons. The van der Waals surface area contributed by atoms with Gasteiger partial charge in [-0.15, -0.1) is 0 Å². The molecule has 10 heteroatoms. The quantitative estimate of drug-likeness (QED) is 0.222. The van der Waals surface area contributed by atoms with Crippen LogP contribution in [0, 0.1) is 28.6 Å². The van der Waals surface area contributed by atoms with E-state index in [0.29, 0.717) is 25.8 Å². The lowest BCUT2D eigenvalue weighted by Crippen LogP contribution is -2.62. The largest absolute Gasteiger partial charge is 0.458 e. The fourth-order valence-corrected chi connectivity index (χ4v) is 10.9. The first-order chi connectivity index (χ1) is 20.9.